The standard InChI is InChI=1S/C14H15BrF2IN3O2.C14H16BrF2N3O2/c1-14(2,3)23-13(22)20(7-10(16)17)9-4-8(15)6-21-11(18)5-19-12(9)21;1-14(2,3)22-13(21)20(8-11(16)17)10-6-9(15)7-19-5-4-18-12(10)19/h4-6,10H,7H2,1-3H3;4-7,11H,8H2,1-3H3. The molecule has 0 saturated carbocycles. The van der Waals surface area contributed by atoms with E-state index in [2.05, 4.69) is 64.4 Å². The van der Waals surface area contributed by atoms with Crippen molar-refractivity contribution in [3.8, 4) is 0 Å². The summed E-state index contributed by atoms with van der Waals surface area (Å²) in [7, 11) is 0. The van der Waals surface area contributed by atoms with E-state index in [0.29, 0.717) is 20.2 Å². The molecule has 246 valence electrons. The van der Waals surface area contributed by atoms with Crippen molar-refractivity contribution >= 4 is 89.3 Å². The maximum Gasteiger partial charge on any atom is 0.415 e. The number of fused-ring (bicyclic) bond motifs is 2. The van der Waals surface area contributed by atoms with Gasteiger partial charge in [-0.2, -0.15) is 0 Å². The van der Waals surface area contributed by atoms with Gasteiger partial charge in [0, 0.05) is 33.7 Å². The Balaban J connectivity index is 0.000000246. The third kappa shape index (κ3) is 10.4. The summed E-state index contributed by atoms with van der Waals surface area (Å²) in [4.78, 5) is 34.8. The highest BCUT2D eigenvalue weighted by molar-refractivity contribution is 14.1. The molecule has 0 aliphatic heterocycles. The maximum atomic E-state index is 13.0. The van der Waals surface area contributed by atoms with E-state index >= 15 is 0 Å². The van der Waals surface area contributed by atoms with Gasteiger partial charge in [-0.3, -0.25) is 14.2 Å². The Bertz CT molecular complexity index is 1660. The van der Waals surface area contributed by atoms with Crippen molar-refractivity contribution < 1.29 is 36.6 Å². The number of hydrogen-bond donors (Lipinski definition) is 0. The first-order chi connectivity index (χ1) is 20.8. The van der Waals surface area contributed by atoms with Crippen molar-refractivity contribution in [2.45, 2.75) is 65.6 Å². The van der Waals surface area contributed by atoms with Crippen LogP contribution >= 0.6 is 54.5 Å². The fraction of sp³-hybridized carbons (Fsp3) is 0.429. The zero-order valence-corrected chi connectivity index (χ0v) is 30.4. The smallest absolute Gasteiger partial charge is 0.415 e. The number of carbonyl (C=O) groups is 2. The molecule has 45 heavy (non-hydrogen) atoms. The fourth-order valence-electron chi connectivity index (χ4n) is 3.84. The second kappa shape index (κ2) is 14.8. The molecular formula is C28H31Br2F4IN6O4. The molecule has 0 unspecified atom stereocenters. The van der Waals surface area contributed by atoms with E-state index in [9.17, 15) is 27.2 Å². The SMILES string of the molecule is CC(C)(C)OC(=O)N(CC(F)F)c1cc(Br)cn2c(I)cnc12.CC(C)(C)OC(=O)N(CC(F)F)c1cc(Br)cn2ccnc12. The number of amides is 2. The van der Waals surface area contributed by atoms with E-state index in [1.807, 2.05) is 0 Å². The molecule has 0 N–H and O–H groups in total. The van der Waals surface area contributed by atoms with Crippen LogP contribution in [-0.2, 0) is 9.47 Å². The van der Waals surface area contributed by atoms with Crippen LogP contribution in [0.4, 0.5) is 38.5 Å². The van der Waals surface area contributed by atoms with Crippen LogP contribution in [0.15, 0.2) is 52.1 Å². The minimum Gasteiger partial charge on any atom is -0.443 e. The Kier molecular flexibility index (Phi) is 12.1. The summed E-state index contributed by atoms with van der Waals surface area (Å²) in [5.74, 6) is 0. The van der Waals surface area contributed by atoms with Crippen molar-refractivity contribution in [1.82, 2.24) is 18.8 Å². The van der Waals surface area contributed by atoms with Gasteiger partial charge in [-0.25, -0.2) is 37.1 Å². The first-order valence-electron chi connectivity index (χ1n) is 13.3. The molecule has 0 aromatic carbocycles. The van der Waals surface area contributed by atoms with Crippen LogP contribution in [0, 0.1) is 3.70 Å². The molecule has 0 atom stereocenters. The zero-order chi connectivity index (χ0) is 33.9. The van der Waals surface area contributed by atoms with E-state index in [-0.39, 0.29) is 11.4 Å². The second-order valence-corrected chi connectivity index (χ2v) is 14.4. The number of alkyl halides is 4. The van der Waals surface area contributed by atoms with Crippen molar-refractivity contribution in [3.63, 3.8) is 0 Å². The summed E-state index contributed by atoms with van der Waals surface area (Å²) in [6.45, 7) is 8.53. The van der Waals surface area contributed by atoms with Gasteiger partial charge in [-0.1, -0.05) is 0 Å². The number of imidazole rings is 2. The number of hydrogen-bond acceptors (Lipinski definition) is 6. The van der Waals surface area contributed by atoms with Crippen LogP contribution in [0.1, 0.15) is 41.5 Å². The Morgan fingerprint density at radius 3 is 1.78 bits per heavy atom. The predicted molar refractivity (Wildman–Crippen MR) is 178 cm³/mol. The van der Waals surface area contributed by atoms with Gasteiger partial charge in [0.2, 0.25) is 0 Å². The lowest BCUT2D eigenvalue weighted by Gasteiger charge is -2.27. The fourth-order valence-corrected chi connectivity index (χ4v) is 5.20. The number of anilines is 2. The highest BCUT2D eigenvalue weighted by atomic mass is 127. The van der Waals surface area contributed by atoms with Crippen LogP contribution in [0.25, 0.3) is 11.3 Å². The number of rotatable bonds is 6. The summed E-state index contributed by atoms with van der Waals surface area (Å²) >= 11 is 8.70. The third-order valence-electron chi connectivity index (χ3n) is 5.39. The molecule has 0 bridgehead atoms. The van der Waals surface area contributed by atoms with E-state index in [1.165, 1.54) is 6.20 Å². The summed E-state index contributed by atoms with van der Waals surface area (Å²) < 4.78 is 67.7. The highest BCUT2D eigenvalue weighted by Gasteiger charge is 2.29. The average molecular weight is 878 g/mol. The number of nitrogens with zero attached hydrogens (tertiary/aromatic N) is 6. The van der Waals surface area contributed by atoms with Gasteiger partial charge in [-0.05, 0) is 108 Å². The molecule has 0 fully saturated rings. The molecule has 4 heterocycles. The molecule has 2 amide bonds. The first kappa shape index (κ1) is 36.8. The molecular weight excluding hydrogens is 847 g/mol. The Morgan fingerprint density at radius 2 is 1.31 bits per heavy atom. The Morgan fingerprint density at radius 1 is 0.844 bits per heavy atom. The molecule has 17 heteroatoms. The average Bonchev–Trinajstić information content (AvgIpc) is 3.49. The summed E-state index contributed by atoms with van der Waals surface area (Å²) in [5.41, 5.74) is -0.247. The van der Waals surface area contributed by atoms with E-state index in [0.717, 1.165) is 13.5 Å². The summed E-state index contributed by atoms with van der Waals surface area (Å²) in [5, 5.41) is 0. The summed E-state index contributed by atoms with van der Waals surface area (Å²) in [6.07, 6.45) is 1.20. The topological polar surface area (TPSA) is 93.7 Å². The first-order valence-corrected chi connectivity index (χ1v) is 15.9. The van der Waals surface area contributed by atoms with Crippen LogP contribution < -0.4 is 9.80 Å². The van der Waals surface area contributed by atoms with Crippen molar-refractivity contribution in [1.29, 1.82) is 0 Å². The molecule has 4 aromatic heterocycles. The number of ether oxygens (including phenoxy) is 2. The van der Waals surface area contributed by atoms with Gasteiger partial charge in [0.15, 0.2) is 11.3 Å². The molecule has 0 aliphatic carbocycles. The predicted octanol–water partition coefficient (Wildman–Crippen LogP) is 8.81. The van der Waals surface area contributed by atoms with E-state index in [4.69, 9.17) is 9.47 Å². The molecule has 10 nitrogen and oxygen atoms in total. The molecule has 0 radical (unpaired) electrons. The van der Waals surface area contributed by atoms with Gasteiger partial charge in [0.05, 0.1) is 30.7 Å². The minimum absolute atomic E-state index is 0.258. The van der Waals surface area contributed by atoms with Gasteiger partial charge in [0.25, 0.3) is 12.9 Å². The number of pyridine rings is 2. The molecule has 0 saturated heterocycles. The Hall–Kier alpha value is -2.67. The van der Waals surface area contributed by atoms with Crippen molar-refractivity contribution in [3.05, 3.63) is 55.8 Å². The van der Waals surface area contributed by atoms with E-state index in [1.54, 1.807) is 87.3 Å². The van der Waals surface area contributed by atoms with Gasteiger partial charge in [-0.15, -0.1) is 0 Å². The minimum atomic E-state index is -2.70. The van der Waals surface area contributed by atoms with Crippen molar-refractivity contribution in [2.24, 2.45) is 0 Å². The lowest BCUT2D eigenvalue weighted by atomic mass is 10.2. The molecule has 4 aromatic rings. The van der Waals surface area contributed by atoms with Crippen LogP contribution in [0.2, 0.25) is 0 Å². The summed E-state index contributed by atoms with van der Waals surface area (Å²) in [6, 6.07) is 3.14. The highest BCUT2D eigenvalue weighted by Crippen LogP contribution is 2.30. The second-order valence-electron chi connectivity index (χ2n) is 11.5. The largest absolute Gasteiger partial charge is 0.443 e. The van der Waals surface area contributed by atoms with Gasteiger partial charge in [0.1, 0.15) is 14.9 Å². The van der Waals surface area contributed by atoms with Crippen LogP contribution in [-0.4, -0.2) is 68.1 Å². The van der Waals surface area contributed by atoms with Crippen molar-refractivity contribution in [2.75, 3.05) is 22.9 Å². The van der Waals surface area contributed by atoms with Crippen LogP contribution in [0.5, 0.6) is 0 Å². The number of halogens is 7. The zero-order valence-electron chi connectivity index (χ0n) is 25.1. The number of aromatic nitrogens is 4. The van der Waals surface area contributed by atoms with Gasteiger partial charge >= 0.3 is 12.2 Å². The molecule has 4 rings (SSSR count). The monoisotopic (exact) mass is 876 g/mol. The maximum absolute atomic E-state index is 13.0. The lowest BCUT2D eigenvalue weighted by molar-refractivity contribution is 0.0536. The lowest BCUT2D eigenvalue weighted by Crippen LogP contribution is -2.40. The number of carbonyl (C=O) groups excluding carboxylic acids is 2. The molecule has 0 aliphatic rings. The molecule has 0 spiro atoms. The van der Waals surface area contributed by atoms with Gasteiger partial charge < -0.3 is 13.9 Å². The van der Waals surface area contributed by atoms with Crippen LogP contribution in [0.3, 0.4) is 0 Å². The van der Waals surface area contributed by atoms with E-state index < -0.39 is 49.3 Å². The normalized spacial score (nSPS) is 12.0. The third-order valence-corrected chi connectivity index (χ3v) is 7.06. The quantitative estimate of drug-likeness (QED) is 0.142. The Labute approximate surface area is 287 Å².